The molecule has 1 fully saturated rings. The lowest BCUT2D eigenvalue weighted by atomic mass is 10.1. The summed E-state index contributed by atoms with van der Waals surface area (Å²) in [5.41, 5.74) is 1.35. The van der Waals surface area contributed by atoms with E-state index in [4.69, 9.17) is 0 Å². The van der Waals surface area contributed by atoms with Crippen LogP contribution in [0.25, 0.3) is 0 Å². The molecule has 1 N–H and O–H groups in total. The van der Waals surface area contributed by atoms with Gasteiger partial charge in [0.05, 0.1) is 0 Å². The molecule has 17 heavy (non-hydrogen) atoms. The van der Waals surface area contributed by atoms with E-state index in [0.717, 1.165) is 23.5 Å². The minimum atomic E-state index is 0.835. The van der Waals surface area contributed by atoms with E-state index in [2.05, 4.69) is 57.3 Å². The Kier molecular flexibility index (Phi) is 5.01. The third kappa shape index (κ3) is 4.09. The van der Waals surface area contributed by atoms with Gasteiger partial charge in [-0.15, -0.1) is 0 Å². The molecule has 0 amide bonds. The zero-order valence-electron chi connectivity index (χ0n) is 10.5. The van der Waals surface area contributed by atoms with Crippen LogP contribution in [0.3, 0.4) is 0 Å². The van der Waals surface area contributed by atoms with Gasteiger partial charge < -0.3 is 10.2 Å². The average molecular weight is 297 g/mol. The molecule has 0 aromatic heterocycles. The summed E-state index contributed by atoms with van der Waals surface area (Å²) in [5.74, 6) is 0.835. The molecule has 1 heterocycles. The van der Waals surface area contributed by atoms with Gasteiger partial charge in [0.25, 0.3) is 0 Å². The maximum absolute atomic E-state index is 3.57. The highest BCUT2D eigenvalue weighted by atomic mass is 79.9. The summed E-state index contributed by atoms with van der Waals surface area (Å²) in [4.78, 5) is 2.53. The van der Waals surface area contributed by atoms with Gasteiger partial charge in [-0.2, -0.15) is 0 Å². The standard InChI is InChI=1S/C14H21BrN2/c1-2-17-7-6-13(11-17)10-16-9-12-4-3-5-14(15)8-12/h3-5,8,13,16H,2,6-7,9-11H2,1H3. The highest BCUT2D eigenvalue weighted by molar-refractivity contribution is 9.10. The van der Waals surface area contributed by atoms with Crippen molar-refractivity contribution in [3.05, 3.63) is 34.3 Å². The molecular weight excluding hydrogens is 276 g/mol. The molecule has 0 radical (unpaired) electrons. The van der Waals surface area contributed by atoms with Gasteiger partial charge in [0, 0.05) is 17.6 Å². The molecule has 94 valence electrons. The van der Waals surface area contributed by atoms with Gasteiger partial charge >= 0.3 is 0 Å². The fraction of sp³-hybridized carbons (Fsp3) is 0.571. The number of nitrogens with one attached hydrogen (secondary N) is 1. The first-order valence-electron chi connectivity index (χ1n) is 6.45. The van der Waals surface area contributed by atoms with Crippen molar-refractivity contribution >= 4 is 15.9 Å². The molecule has 1 saturated heterocycles. The Labute approximate surface area is 113 Å². The fourth-order valence-electron chi connectivity index (χ4n) is 2.43. The minimum absolute atomic E-state index is 0.835. The topological polar surface area (TPSA) is 15.3 Å². The Morgan fingerprint density at radius 2 is 2.35 bits per heavy atom. The molecule has 1 unspecified atom stereocenters. The Balaban J connectivity index is 1.70. The van der Waals surface area contributed by atoms with Crippen molar-refractivity contribution in [1.82, 2.24) is 10.2 Å². The number of benzene rings is 1. The molecule has 2 rings (SSSR count). The number of halogens is 1. The van der Waals surface area contributed by atoms with Crippen LogP contribution in [0.1, 0.15) is 18.9 Å². The molecule has 0 saturated carbocycles. The summed E-state index contributed by atoms with van der Waals surface area (Å²) in [6.45, 7) is 8.10. The van der Waals surface area contributed by atoms with E-state index in [0.29, 0.717) is 0 Å². The molecule has 3 heteroatoms. The van der Waals surface area contributed by atoms with E-state index in [1.807, 2.05) is 0 Å². The maximum Gasteiger partial charge on any atom is 0.0206 e. The molecule has 1 atom stereocenters. The van der Waals surface area contributed by atoms with Gasteiger partial charge in [-0.1, -0.05) is 35.0 Å². The SMILES string of the molecule is CCN1CCC(CNCc2cccc(Br)c2)C1. The van der Waals surface area contributed by atoms with Crippen molar-refractivity contribution in [3.8, 4) is 0 Å². The third-order valence-electron chi connectivity index (χ3n) is 3.47. The van der Waals surface area contributed by atoms with E-state index in [9.17, 15) is 0 Å². The quantitative estimate of drug-likeness (QED) is 0.899. The van der Waals surface area contributed by atoms with Crippen LogP contribution in [0.15, 0.2) is 28.7 Å². The molecule has 1 aliphatic rings. The second-order valence-electron chi connectivity index (χ2n) is 4.81. The highest BCUT2D eigenvalue weighted by Gasteiger charge is 2.20. The summed E-state index contributed by atoms with van der Waals surface area (Å²) in [5, 5.41) is 3.57. The Bertz CT molecular complexity index is 354. The molecule has 1 aromatic rings. The largest absolute Gasteiger partial charge is 0.312 e. The van der Waals surface area contributed by atoms with E-state index < -0.39 is 0 Å². The van der Waals surface area contributed by atoms with Crippen LogP contribution < -0.4 is 5.32 Å². The first-order valence-corrected chi connectivity index (χ1v) is 7.24. The number of likely N-dealkylation sites (tertiary alicyclic amines) is 1. The van der Waals surface area contributed by atoms with Crippen molar-refractivity contribution in [1.29, 1.82) is 0 Å². The van der Waals surface area contributed by atoms with Crippen LogP contribution in [0.4, 0.5) is 0 Å². The molecule has 0 bridgehead atoms. The van der Waals surface area contributed by atoms with Crippen LogP contribution in [0, 0.1) is 5.92 Å². The number of hydrogen-bond acceptors (Lipinski definition) is 2. The van der Waals surface area contributed by atoms with E-state index in [1.165, 1.54) is 31.6 Å². The van der Waals surface area contributed by atoms with Gasteiger partial charge in [0.2, 0.25) is 0 Å². The zero-order chi connectivity index (χ0) is 12.1. The third-order valence-corrected chi connectivity index (χ3v) is 3.96. The fourth-order valence-corrected chi connectivity index (χ4v) is 2.88. The van der Waals surface area contributed by atoms with Crippen LogP contribution in [-0.4, -0.2) is 31.1 Å². The van der Waals surface area contributed by atoms with Gasteiger partial charge in [0.1, 0.15) is 0 Å². The van der Waals surface area contributed by atoms with Crippen molar-refractivity contribution in [2.45, 2.75) is 19.9 Å². The van der Waals surface area contributed by atoms with Crippen molar-refractivity contribution in [2.24, 2.45) is 5.92 Å². The predicted molar refractivity (Wildman–Crippen MR) is 76.1 cm³/mol. The normalized spacial score (nSPS) is 20.9. The van der Waals surface area contributed by atoms with E-state index in [-0.39, 0.29) is 0 Å². The van der Waals surface area contributed by atoms with Crippen LogP contribution in [0.2, 0.25) is 0 Å². The summed E-state index contributed by atoms with van der Waals surface area (Å²) in [6, 6.07) is 8.51. The Hall–Kier alpha value is -0.380. The second kappa shape index (κ2) is 6.53. The highest BCUT2D eigenvalue weighted by Crippen LogP contribution is 2.15. The zero-order valence-corrected chi connectivity index (χ0v) is 12.0. The maximum atomic E-state index is 3.57. The molecule has 2 nitrogen and oxygen atoms in total. The lowest BCUT2D eigenvalue weighted by molar-refractivity contribution is 0.339. The van der Waals surface area contributed by atoms with Gasteiger partial charge in [-0.3, -0.25) is 0 Å². The number of nitrogens with zero attached hydrogens (tertiary/aromatic N) is 1. The molecular formula is C14H21BrN2. The summed E-state index contributed by atoms with van der Waals surface area (Å²) in [6.07, 6.45) is 1.35. The summed E-state index contributed by atoms with van der Waals surface area (Å²) in [7, 11) is 0. The van der Waals surface area contributed by atoms with Crippen LogP contribution >= 0.6 is 15.9 Å². The molecule has 1 aromatic carbocycles. The first kappa shape index (κ1) is 13.1. The molecule has 1 aliphatic heterocycles. The van der Waals surface area contributed by atoms with E-state index in [1.54, 1.807) is 0 Å². The van der Waals surface area contributed by atoms with Crippen molar-refractivity contribution < 1.29 is 0 Å². The number of rotatable bonds is 5. The van der Waals surface area contributed by atoms with Crippen molar-refractivity contribution in [2.75, 3.05) is 26.2 Å². The average Bonchev–Trinajstić information content (AvgIpc) is 2.77. The lowest BCUT2D eigenvalue weighted by Crippen LogP contribution is -2.26. The Morgan fingerprint density at radius 1 is 1.47 bits per heavy atom. The van der Waals surface area contributed by atoms with E-state index >= 15 is 0 Å². The monoisotopic (exact) mass is 296 g/mol. The van der Waals surface area contributed by atoms with Gasteiger partial charge in [-0.25, -0.2) is 0 Å². The minimum Gasteiger partial charge on any atom is -0.312 e. The summed E-state index contributed by atoms with van der Waals surface area (Å²) >= 11 is 3.50. The Morgan fingerprint density at radius 3 is 3.06 bits per heavy atom. The predicted octanol–water partition coefficient (Wildman–Crippen LogP) is 2.88. The smallest absolute Gasteiger partial charge is 0.0206 e. The summed E-state index contributed by atoms with van der Waals surface area (Å²) < 4.78 is 1.16. The van der Waals surface area contributed by atoms with Crippen LogP contribution in [-0.2, 0) is 6.54 Å². The van der Waals surface area contributed by atoms with Gasteiger partial charge in [-0.05, 0) is 49.7 Å². The molecule has 0 aliphatic carbocycles. The van der Waals surface area contributed by atoms with Crippen LogP contribution in [0.5, 0.6) is 0 Å². The van der Waals surface area contributed by atoms with Crippen molar-refractivity contribution in [3.63, 3.8) is 0 Å². The second-order valence-corrected chi connectivity index (χ2v) is 5.72. The number of hydrogen-bond donors (Lipinski definition) is 1. The molecule has 0 spiro atoms. The first-order chi connectivity index (χ1) is 8.28. The van der Waals surface area contributed by atoms with Gasteiger partial charge in [0.15, 0.2) is 0 Å². The lowest BCUT2D eigenvalue weighted by Gasteiger charge is -2.13.